The van der Waals surface area contributed by atoms with Crippen LogP contribution in [0, 0.1) is 5.82 Å². The fourth-order valence-corrected chi connectivity index (χ4v) is 2.96. The lowest BCUT2D eigenvalue weighted by molar-refractivity contribution is -0.117. The highest BCUT2D eigenvalue weighted by Crippen LogP contribution is 2.21. The van der Waals surface area contributed by atoms with Crippen LogP contribution in [0.1, 0.15) is 26.7 Å². The molecular weight excluding hydrogens is 323 g/mol. The van der Waals surface area contributed by atoms with Gasteiger partial charge in [-0.3, -0.25) is 4.79 Å². The molecule has 2 rings (SSSR count). The number of urea groups is 1. The fourth-order valence-electron chi connectivity index (χ4n) is 2.96. The quantitative estimate of drug-likeness (QED) is 0.705. The molecule has 1 saturated heterocycles. The van der Waals surface area contributed by atoms with Crippen LogP contribution in [-0.4, -0.2) is 55.6 Å². The molecule has 1 atom stereocenters. The molecule has 7 heteroatoms. The first-order chi connectivity index (χ1) is 12.0. The number of benzene rings is 1. The van der Waals surface area contributed by atoms with Gasteiger partial charge >= 0.3 is 6.03 Å². The highest BCUT2D eigenvalue weighted by molar-refractivity contribution is 5.96. The second-order valence-corrected chi connectivity index (χ2v) is 6.16. The van der Waals surface area contributed by atoms with Crippen molar-refractivity contribution in [3.63, 3.8) is 0 Å². The molecule has 1 aliphatic heterocycles. The Labute approximate surface area is 148 Å². The molecule has 25 heavy (non-hydrogen) atoms. The zero-order chi connectivity index (χ0) is 18.2. The topological polar surface area (TPSA) is 64.7 Å². The molecule has 0 unspecified atom stereocenters. The summed E-state index contributed by atoms with van der Waals surface area (Å²) >= 11 is 0. The summed E-state index contributed by atoms with van der Waals surface area (Å²) in [5, 5.41) is 5.67. The van der Waals surface area contributed by atoms with Gasteiger partial charge in [0, 0.05) is 25.2 Å². The molecule has 0 spiro atoms. The van der Waals surface area contributed by atoms with Crippen LogP contribution in [0.15, 0.2) is 24.3 Å². The van der Waals surface area contributed by atoms with Crippen LogP contribution in [0.5, 0.6) is 0 Å². The number of nitrogens with zero attached hydrogens (tertiary/aromatic N) is 2. The lowest BCUT2D eigenvalue weighted by Gasteiger charge is -2.19. The van der Waals surface area contributed by atoms with Crippen molar-refractivity contribution in [2.24, 2.45) is 0 Å². The Balaban J connectivity index is 1.73. The van der Waals surface area contributed by atoms with Crippen LogP contribution in [0.3, 0.4) is 0 Å². The number of amides is 3. The summed E-state index contributed by atoms with van der Waals surface area (Å²) in [5.74, 6) is -0.410. The van der Waals surface area contributed by atoms with E-state index in [4.69, 9.17) is 0 Å². The molecule has 1 heterocycles. The minimum Gasteiger partial charge on any atom is -0.338 e. The summed E-state index contributed by atoms with van der Waals surface area (Å²) < 4.78 is 13.0. The van der Waals surface area contributed by atoms with Crippen molar-refractivity contribution in [3.05, 3.63) is 30.1 Å². The van der Waals surface area contributed by atoms with Gasteiger partial charge in [0.05, 0.1) is 6.04 Å². The molecule has 3 amide bonds. The molecule has 1 aliphatic rings. The maximum atomic E-state index is 13.0. The lowest BCUT2D eigenvalue weighted by Crippen LogP contribution is -2.44. The molecule has 0 aromatic heterocycles. The van der Waals surface area contributed by atoms with Gasteiger partial charge in [0.2, 0.25) is 5.91 Å². The Kier molecular flexibility index (Phi) is 7.18. The SMILES string of the molecule is CCN(CC)CCCNC(=O)N[C@H]1CC(=O)N(c2ccc(F)cc2)C1. The summed E-state index contributed by atoms with van der Waals surface area (Å²) in [7, 11) is 0. The lowest BCUT2D eigenvalue weighted by atomic mass is 10.2. The van der Waals surface area contributed by atoms with Gasteiger partial charge in [0.25, 0.3) is 0 Å². The summed E-state index contributed by atoms with van der Waals surface area (Å²) in [5.41, 5.74) is 0.648. The first-order valence-corrected chi connectivity index (χ1v) is 8.86. The second kappa shape index (κ2) is 9.36. The standard InChI is InChI=1S/C18H27FN4O2/c1-3-22(4-2)11-5-10-20-18(25)21-15-12-17(24)23(13-15)16-8-6-14(19)7-9-16/h6-9,15H,3-5,10-13H2,1-2H3,(H2,20,21,25)/t15-/m0/s1. The van der Waals surface area contributed by atoms with E-state index in [1.165, 1.54) is 12.1 Å². The van der Waals surface area contributed by atoms with Gasteiger partial charge in [-0.05, 0) is 50.3 Å². The molecule has 6 nitrogen and oxygen atoms in total. The van der Waals surface area contributed by atoms with E-state index in [-0.39, 0.29) is 30.2 Å². The first kappa shape index (κ1) is 19.2. The number of carbonyl (C=O) groups is 2. The van der Waals surface area contributed by atoms with Gasteiger partial charge < -0.3 is 20.4 Å². The zero-order valence-electron chi connectivity index (χ0n) is 14.9. The van der Waals surface area contributed by atoms with Crippen molar-refractivity contribution < 1.29 is 14.0 Å². The fraction of sp³-hybridized carbons (Fsp3) is 0.556. The minimum atomic E-state index is -0.339. The minimum absolute atomic E-state index is 0.0709. The van der Waals surface area contributed by atoms with Crippen LogP contribution < -0.4 is 15.5 Å². The molecule has 0 bridgehead atoms. The van der Waals surface area contributed by atoms with Gasteiger partial charge in [-0.25, -0.2) is 9.18 Å². The van der Waals surface area contributed by atoms with Gasteiger partial charge in [-0.15, -0.1) is 0 Å². The number of rotatable bonds is 8. The maximum absolute atomic E-state index is 13.0. The number of anilines is 1. The van der Waals surface area contributed by atoms with Gasteiger partial charge in [-0.2, -0.15) is 0 Å². The first-order valence-electron chi connectivity index (χ1n) is 8.86. The van der Waals surface area contributed by atoms with E-state index in [0.29, 0.717) is 18.8 Å². The number of halogens is 1. The van der Waals surface area contributed by atoms with E-state index < -0.39 is 0 Å². The van der Waals surface area contributed by atoms with Crippen LogP contribution in [-0.2, 0) is 4.79 Å². The van der Waals surface area contributed by atoms with Crippen LogP contribution in [0.25, 0.3) is 0 Å². The summed E-state index contributed by atoms with van der Waals surface area (Å²) in [6, 6.07) is 5.31. The van der Waals surface area contributed by atoms with Crippen molar-refractivity contribution >= 4 is 17.6 Å². The Morgan fingerprint density at radius 1 is 1.28 bits per heavy atom. The Bertz CT molecular complexity index is 575. The van der Waals surface area contributed by atoms with Crippen LogP contribution in [0.2, 0.25) is 0 Å². The third kappa shape index (κ3) is 5.70. The monoisotopic (exact) mass is 350 g/mol. The molecule has 1 aromatic carbocycles. The highest BCUT2D eigenvalue weighted by Gasteiger charge is 2.31. The molecule has 0 saturated carbocycles. The number of hydrogen-bond acceptors (Lipinski definition) is 3. The molecule has 1 aromatic rings. The van der Waals surface area contributed by atoms with Crippen molar-refractivity contribution in [1.82, 2.24) is 15.5 Å². The van der Waals surface area contributed by atoms with Crippen LogP contribution in [0.4, 0.5) is 14.9 Å². The van der Waals surface area contributed by atoms with E-state index in [0.717, 1.165) is 26.1 Å². The molecule has 2 N–H and O–H groups in total. The average Bonchev–Trinajstić information content (AvgIpc) is 2.96. The maximum Gasteiger partial charge on any atom is 0.315 e. The predicted octanol–water partition coefficient (Wildman–Crippen LogP) is 1.96. The van der Waals surface area contributed by atoms with Crippen molar-refractivity contribution in [2.45, 2.75) is 32.7 Å². The van der Waals surface area contributed by atoms with E-state index in [9.17, 15) is 14.0 Å². The van der Waals surface area contributed by atoms with Crippen molar-refractivity contribution in [3.8, 4) is 0 Å². The van der Waals surface area contributed by atoms with Gasteiger partial charge in [0.15, 0.2) is 0 Å². The molecule has 138 valence electrons. The van der Waals surface area contributed by atoms with Crippen molar-refractivity contribution in [1.29, 1.82) is 0 Å². The Hall–Kier alpha value is -2.15. The molecular formula is C18H27FN4O2. The molecule has 0 radical (unpaired) electrons. The van der Waals surface area contributed by atoms with Crippen molar-refractivity contribution in [2.75, 3.05) is 37.6 Å². The van der Waals surface area contributed by atoms with Gasteiger partial charge in [-0.1, -0.05) is 13.8 Å². The third-order valence-corrected chi connectivity index (χ3v) is 4.43. The van der Waals surface area contributed by atoms with Crippen LogP contribution >= 0.6 is 0 Å². The summed E-state index contributed by atoms with van der Waals surface area (Å²) in [6.07, 6.45) is 1.14. The number of nitrogens with one attached hydrogen (secondary N) is 2. The van der Waals surface area contributed by atoms with E-state index in [2.05, 4.69) is 29.4 Å². The highest BCUT2D eigenvalue weighted by atomic mass is 19.1. The Morgan fingerprint density at radius 2 is 1.96 bits per heavy atom. The normalized spacial score (nSPS) is 17.2. The Morgan fingerprint density at radius 3 is 2.60 bits per heavy atom. The summed E-state index contributed by atoms with van der Waals surface area (Å²) in [4.78, 5) is 27.9. The smallest absolute Gasteiger partial charge is 0.315 e. The zero-order valence-corrected chi connectivity index (χ0v) is 14.9. The largest absolute Gasteiger partial charge is 0.338 e. The third-order valence-electron chi connectivity index (χ3n) is 4.43. The van der Waals surface area contributed by atoms with Gasteiger partial charge in [0.1, 0.15) is 5.82 Å². The predicted molar refractivity (Wildman–Crippen MR) is 96.1 cm³/mol. The van der Waals surface area contributed by atoms with E-state index in [1.807, 2.05) is 0 Å². The average molecular weight is 350 g/mol. The number of hydrogen-bond donors (Lipinski definition) is 2. The second-order valence-electron chi connectivity index (χ2n) is 6.16. The van der Waals surface area contributed by atoms with E-state index >= 15 is 0 Å². The number of carbonyl (C=O) groups excluding carboxylic acids is 2. The van der Waals surface area contributed by atoms with E-state index in [1.54, 1.807) is 17.0 Å². The molecule has 1 fully saturated rings. The summed E-state index contributed by atoms with van der Waals surface area (Å²) in [6.45, 7) is 8.20. The molecule has 0 aliphatic carbocycles.